The maximum atomic E-state index is 13.1. The molecule has 0 aliphatic rings. The molecule has 0 radical (unpaired) electrons. The lowest BCUT2D eigenvalue weighted by molar-refractivity contribution is 0.203. The third kappa shape index (κ3) is 5.11. The molecule has 1 heterocycles. The highest BCUT2D eigenvalue weighted by Crippen LogP contribution is 2.09. The Bertz CT molecular complexity index is 603. The number of thiazole rings is 1. The summed E-state index contributed by atoms with van der Waals surface area (Å²) in [6.07, 6.45) is 3.23. The van der Waals surface area contributed by atoms with Crippen LogP contribution in [0.2, 0.25) is 0 Å². The van der Waals surface area contributed by atoms with Gasteiger partial charge in [-0.05, 0) is 37.5 Å². The van der Waals surface area contributed by atoms with Gasteiger partial charge in [-0.25, -0.2) is 14.2 Å². The standard InChI is InChI=1S/C16H20FN3OS/c1-12(6-7-13-4-3-5-14(17)10-13)19-16(21)20(2)11-15-18-8-9-22-15/h3-5,8-10,12H,6-7,11H2,1-2H3,(H,19,21)/t12-/m1/s1. The number of amides is 2. The van der Waals surface area contributed by atoms with Gasteiger partial charge in [0, 0.05) is 24.7 Å². The lowest BCUT2D eigenvalue weighted by Gasteiger charge is -2.20. The second-order valence-corrected chi connectivity index (χ2v) is 6.28. The van der Waals surface area contributed by atoms with Gasteiger partial charge in [0.1, 0.15) is 10.8 Å². The van der Waals surface area contributed by atoms with Crippen molar-refractivity contribution in [1.82, 2.24) is 15.2 Å². The quantitative estimate of drug-likeness (QED) is 0.886. The molecule has 6 heteroatoms. The molecule has 0 fully saturated rings. The summed E-state index contributed by atoms with van der Waals surface area (Å²) in [6.45, 7) is 2.45. The molecule has 1 aromatic heterocycles. The second kappa shape index (κ2) is 7.89. The molecule has 2 rings (SSSR count). The SMILES string of the molecule is C[C@H](CCc1cccc(F)c1)NC(=O)N(C)Cc1nccs1. The van der Waals surface area contributed by atoms with Gasteiger partial charge in [-0.15, -0.1) is 11.3 Å². The van der Waals surface area contributed by atoms with Crippen molar-refractivity contribution >= 4 is 17.4 Å². The zero-order valence-electron chi connectivity index (χ0n) is 12.8. The monoisotopic (exact) mass is 321 g/mol. The van der Waals surface area contributed by atoms with Crippen molar-refractivity contribution in [1.29, 1.82) is 0 Å². The topological polar surface area (TPSA) is 45.2 Å². The van der Waals surface area contributed by atoms with Gasteiger partial charge >= 0.3 is 6.03 Å². The molecule has 118 valence electrons. The summed E-state index contributed by atoms with van der Waals surface area (Å²) in [5, 5.41) is 5.75. The van der Waals surface area contributed by atoms with E-state index in [9.17, 15) is 9.18 Å². The predicted molar refractivity (Wildman–Crippen MR) is 86.3 cm³/mol. The van der Waals surface area contributed by atoms with Crippen LogP contribution in [-0.4, -0.2) is 29.0 Å². The van der Waals surface area contributed by atoms with Gasteiger partial charge in [0.25, 0.3) is 0 Å². The van der Waals surface area contributed by atoms with E-state index in [1.807, 2.05) is 18.4 Å². The van der Waals surface area contributed by atoms with Gasteiger partial charge < -0.3 is 10.2 Å². The van der Waals surface area contributed by atoms with Crippen molar-refractivity contribution < 1.29 is 9.18 Å². The van der Waals surface area contributed by atoms with E-state index >= 15 is 0 Å². The zero-order valence-corrected chi connectivity index (χ0v) is 13.6. The first kappa shape index (κ1) is 16.4. The van der Waals surface area contributed by atoms with Crippen LogP contribution in [0, 0.1) is 5.82 Å². The number of halogens is 1. The number of hydrogen-bond acceptors (Lipinski definition) is 3. The van der Waals surface area contributed by atoms with Crippen molar-refractivity contribution in [2.75, 3.05) is 7.05 Å². The molecule has 1 aromatic carbocycles. The highest BCUT2D eigenvalue weighted by atomic mass is 32.1. The molecule has 2 aromatic rings. The van der Waals surface area contributed by atoms with Crippen LogP contribution in [0.15, 0.2) is 35.8 Å². The van der Waals surface area contributed by atoms with Crippen LogP contribution in [-0.2, 0) is 13.0 Å². The number of aryl methyl sites for hydroxylation is 1. The van der Waals surface area contributed by atoms with Crippen molar-refractivity contribution in [3.05, 3.63) is 52.2 Å². The van der Waals surface area contributed by atoms with Crippen LogP contribution in [0.1, 0.15) is 23.9 Å². The molecule has 0 bridgehead atoms. The minimum absolute atomic E-state index is 0.0227. The van der Waals surface area contributed by atoms with Crippen molar-refractivity contribution in [3.63, 3.8) is 0 Å². The number of urea groups is 1. The maximum absolute atomic E-state index is 13.1. The Kier molecular flexibility index (Phi) is 5.89. The summed E-state index contributed by atoms with van der Waals surface area (Å²) in [4.78, 5) is 17.8. The number of carbonyl (C=O) groups excluding carboxylic acids is 1. The third-order valence-electron chi connectivity index (χ3n) is 3.33. The molecule has 1 atom stereocenters. The van der Waals surface area contributed by atoms with Gasteiger partial charge in [-0.3, -0.25) is 0 Å². The van der Waals surface area contributed by atoms with E-state index in [1.165, 1.54) is 23.5 Å². The van der Waals surface area contributed by atoms with Gasteiger partial charge in [-0.2, -0.15) is 0 Å². The second-order valence-electron chi connectivity index (χ2n) is 5.30. The van der Waals surface area contributed by atoms with E-state index in [0.717, 1.165) is 23.4 Å². The van der Waals surface area contributed by atoms with Crippen molar-refractivity contribution in [2.45, 2.75) is 32.4 Å². The highest BCUT2D eigenvalue weighted by Gasteiger charge is 2.13. The number of nitrogens with one attached hydrogen (secondary N) is 1. The van der Waals surface area contributed by atoms with E-state index in [-0.39, 0.29) is 17.9 Å². The van der Waals surface area contributed by atoms with Crippen LogP contribution in [0.3, 0.4) is 0 Å². The van der Waals surface area contributed by atoms with Gasteiger partial charge in [0.15, 0.2) is 0 Å². The first-order valence-corrected chi connectivity index (χ1v) is 8.07. The molecular formula is C16H20FN3OS. The number of benzene rings is 1. The Morgan fingerprint density at radius 1 is 1.50 bits per heavy atom. The highest BCUT2D eigenvalue weighted by molar-refractivity contribution is 7.09. The predicted octanol–water partition coefficient (Wildman–Crippen LogP) is 3.44. The maximum Gasteiger partial charge on any atom is 0.317 e. The molecule has 22 heavy (non-hydrogen) atoms. The Hall–Kier alpha value is -1.95. The summed E-state index contributed by atoms with van der Waals surface area (Å²) in [5.74, 6) is -0.225. The molecule has 0 spiro atoms. The van der Waals surface area contributed by atoms with E-state index in [2.05, 4.69) is 10.3 Å². The molecule has 0 aliphatic carbocycles. The average Bonchev–Trinajstić information content (AvgIpc) is 2.98. The summed E-state index contributed by atoms with van der Waals surface area (Å²) in [6, 6.07) is 6.46. The molecule has 2 amide bonds. The number of carbonyl (C=O) groups is 1. The fraction of sp³-hybridized carbons (Fsp3) is 0.375. The summed E-state index contributed by atoms with van der Waals surface area (Å²) < 4.78 is 13.1. The summed E-state index contributed by atoms with van der Waals surface area (Å²) in [7, 11) is 1.75. The lowest BCUT2D eigenvalue weighted by atomic mass is 10.1. The molecule has 4 nitrogen and oxygen atoms in total. The Morgan fingerprint density at radius 3 is 3.00 bits per heavy atom. The third-order valence-corrected chi connectivity index (χ3v) is 4.09. The average molecular weight is 321 g/mol. The molecule has 0 unspecified atom stereocenters. The minimum atomic E-state index is -0.225. The normalized spacial score (nSPS) is 12.0. The fourth-order valence-corrected chi connectivity index (χ4v) is 2.74. The number of nitrogens with zero attached hydrogens (tertiary/aromatic N) is 2. The molecular weight excluding hydrogens is 301 g/mol. The number of hydrogen-bond donors (Lipinski definition) is 1. The molecule has 0 aliphatic heterocycles. The molecule has 1 N–H and O–H groups in total. The van der Waals surface area contributed by atoms with Gasteiger partial charge in [-0.1, -0.05) is 12.1 Å². The van der Waals surface area contributed by atoms with Crippen LogP contribution in [0.5, 0.6) is 0 Å². The zero-order chi connectivity index (χ0) is 15.9. The van der Waals surface area contributed by atoms with Gasteiger partial charge in [0.05, 0.1) is 6.54 Å². The number of aromatic nitrogens is 1. The smallest absolute Gasteiger partial charge is 0.317 e. The Balaban J connectivity index is 1.76. The number of rotatable bonds is 6. The largest absolute Gasteiger partial charge is 0.336 e. The van der Waals surface area contributed by atoms with Crippen LogP contribution in [0.4, 0.5) is 9.18 Å². The first-order chi connectivity index (χ1) is 10.5. The Labute approximate surface area is 134 Å². The van der Waals surface area contributed by atoms with E-state index in [4.69, 9.17) is 0 Å². The van der Waals surface area contributed by atoms with Gasteiger partial charge in [0.2, 0.25) is 0 Å². The van der Waals surface area contributed by atoms with Crippen molar-refractivity contribution in [3.8, 4) is 0 Å². The molecule has 0 saturated carbocycles. The van der Waals surface area contributed by atoms with Crippen molar-refractivity contribution in [2.24, 2.45) is 0 Å². The lowest BCUT2D eigenvalue weighted by Crippen LogP contribution is -2.41. The van der Waals surface area contributed by atoms with E-state index < -0.39 is 0 Å². The Morgan fingerprint density at radius 2 is 2.32 bits per heavy atom. The fourth-order valence-electron chi connectivity index (χ4n) is 2.07. The summed E-state index contributed by atoms with van der Waals surface area (Å²) >= 11 is 1.53. The van der Waals surface area contributed by atoms with Crippen LogP contribution >= 0.6 is 11.3 Å². The van der Waals surface area contributed by atoms with E-state index in [0.29, 0.717) is 6.54 Å². The van der Waals surface area contributed by atoms with Crippen LogP contribution < -0.4 is 5.32 Å². The molecule has 0 saturated heterocycles. The first-order valence-electron chi connectivity index (χ1n) is 7.19. The summed E-state index contributed by atoms with van der Waals surface area (Å²) in [5.41, 5.74) is 0.942. The van der Waals surface area contributed by atoms with Crippen LogP contribution in [0.25, 0.3) is 0 Å². The van der Waals surface area contributed by atoms with E-state index in [1.54, 1.807) is 24.2 Å². The minimum Gasteiger partial charge on any atom is -0.336 e.